The van der Waals surface area contributed by atoms with Gasteiger partial charge in [0.15, 0.2) is 0 Å². The Labute approximate surface area is 83.8 Å². The lowest BCUT2D eigenvalue weighted by molar-refractivity contribution is -0.129. The van der Waals surface area contributed by atoms with Gasteiger partial charge >= 0.3 is 0 Å². The average Bonchev–Trinajstić information content (AvgIpc) is 2.63. The maximum Gasteiger partial charge on any atom is 0.223 e. The summed E-state index contributed by atoms with van der Waals surface area (Å²) in [5.41, 5.74) is 0. The first kappa shape index (κ1) is 9.34. The Morgan fingerprint density at radius 2 is 2.46 bits per heavy atom. The molecule has 2 rings (SSSR count). The van der Waals surface area contributed by atoms with E-state index in [0.29, 0.717) is 6.42 Å². The van der Waals surface area contributed by atoms with Gasteiger partial charge in [0.25, 0.3) is 0 Å². The van der Waals surface area contributed by atoms with Gasteiger partial charge in [0.2, 0.25) is 5.91 Å². The monoisotopic (exact) mass is 201 g/mol. The first-order valence-electron chi connectivity index (χ1n) is 4.83. The number of likely N-dealkylation sites (tertiary alicyclic amines) is 1. The second kappa shape index (κ2) is 3.88. The van der Waals surface area contributed by atoms with E-state index in [-0.39, 0.29) is 17.3 Å². The van der Waals surface area contributed by atoms with Crippen LogP contribution >= 0.6 is 12.6 Å². The van der Waals surface area contributed by atoms with Crippen molar-refractivity contribution in [2.24, 2.45) is 0 Å². The fourth-order valence-electron chi connectivity index (χ4n) is 1.96. The standard InChI is InChI=1S/C9H15NO2S/c11-9-4-8(13)6-10(9)5-7-2-1-3-12-7/h7-8,13H,1-6H2. The fourth-order valence-corrected chi connectivity index (χ4v) is 2.32. The van der Waals surface area contributed by atoms with Crippen LogP contribution in [0.1, 0.15) is 19.3 Å². The molecule has 2 aliphatic heterocycles. The molecular weight excluding hydrogens is 186 g/mol. The van der Waals surface area contributed by atoms with Crippen molar-refractivity contribution in [1.29, 1.82) is 0 Å². The molecule has 3 nitrogen and oxygen atoms in total. The van der Waals surface area contributed by atoms with Crippen molar-refractivity contribution in [3.63, 3.8) is 0 Å². The first-order chi connectivity index (χ1) is 6.25. The van der Waals surface area contributed by atoms with Gasteiger partial charge in [-0.3, -0.25) is 4.79 Å². The highest BCUT2D eigenvalue weighted by Gasteiger charge is 2.30. The van der Waals surface area contributed by atoms with Crippen molar-refractivity contribution in [3.8, 4) is 0 Å². The van der Waals surface area contributed by atoms with E-state index >= 15 is 0 Å². The molecule has 0 aromatic carbocycles. The van der Waals surface area contributed by atoms with Gasteiger partial charge in [-0.25, -0.2) is 0 Å². The normalized spacial score (nSPS) is 34.5. The van der Waals surface area contributed by atoms with E-state index in [1.165, 1.54) is 0 Å². The predicted molar refractivity (Wildman–Crippen MR) is 52.9 cm³/mol. The number of hydrogen-bond acceptors (Lipinski definition) is 3. The van der Waals surface area contributed by atoms with Gasteiger partial charge in [-0.05, 0) is 12.8 Å². The van der Waals surface area contributed by atoms with Crippen LogP contribution in [0.5, 0.6) is 0 Å². The van der Waals surface area contributed by atoms with Crippen LogP contribution in [0, 0.1) is 0 Å². The van der Waals surface area contributed by atoms with Crippen LogP contribution in [0.15, 0.2) is 0 Å². The summed E-state index contributed by atoms with van der Waals surface area (Å²) < 4.78 is 5.48. The first-order valence-corrected chi connectivity index (χ1v) is 5.35. The summed E-state index contributed by atoms with van der Waals surface area (Å²) in [6, 6.07) is 0. The third kappa shape index (κ3) is 2.17. The van der Waals surface area contributed by atoms with E-state index in [4.69, 9.17) is 4.74 Å². The molecule has 0 saturated carbocycles. The minimum Gasteiger partial charge on any atom is -0.376 e. The summed E-state index contributed by atoms with van der Waals surface area (Å²) >= 11 is 4.30. The van der Waals surface area contributed by atoms with Gasteiger partial charge in [0.05, 0.1) is 6.10 Å². The lowest BCUT2D eigenvalue weighted by Gasteiger charge is -2.19. The fraction of sp³-hybridized carbons (Fsp3) is 0.889. The quantitative estimate of drug-likeness (QED) is 0.666. The SMILES string of the molecule is O=C1CC(S)CN1CC1CCCO1. The molecule has 0 bridgehead atoms. The maximum absolute atomic E-state index is 11.4. The summed E-state index contributed by atoms with van der Waals surface area (Å²) in [6.07, 6.45) is 3.11. The van der Waals surface area contributed by atoms with Crippen LogP contribution in [0.25, 0.3) is 0 Å². The number of nitrogens with zero attached hydrogens (tertiary/aromatic N) is 1. The molecule has 2 fully saturated rings. The van der Waals surface area contributed by atoms with Crippen LogP contribution in [0.3, 0.4) is 0 Å². The van der Waals surface area contributed by atoms with Crippen LogP contribution in [-0.4, -0.2) is 41.9 Å². The molecule has 2 unspecified atom stereocenters. The number of ether oxygens (including phenoxy) is 1. The molecule has 0 aliphatic carbocycles. The lowest BCUT2D eigenvalue weighted by Crippen LogP contribution is -2.33. The molecule has 0 aromatic rings. The highest BCUT2D eigenvalue weighted by Crippen LogP contribution is 2.19. The van der Waals surface area contributed by atoms with Crippen LogP contribution in [0.2, 0.25) is 0 Å². The van der Waals surface area contributed by atoms with E-state index in [0.717, 1.165) is 32.5 Å². The molecular formula is C9H15NO2S. The van der Waals surface area contributed by atoms with Crippen LogP contribution < -0.4 is 0 Å². The van der Waals surface area contributed by atoms with Crippen molar-refractivity contribution in [2.45, 2.75) is 30.6 Å². The van der Waals surface area contributed by atoms with Gasteiger partial charge < -0.3 is 9.64 Å². The molecule has 0 aromatic heterocycles. The van der Waals surface area contributed by atoms with Crippen molar-refractivity contribution in [2.75, 3.05) is 19.7 Å². The number of amides is 1. The van der Waals surface area contributed by atoms with Gasteiger partial charge in [-0.2, -0.15) is 12.6 Å². The molecule has 0 spiro atoms. The average molecular weight is 201 g/mol. The molecule has 74 valence electrons. The largest absolute Gasteiger partial charge is 0.376 e. The van der Waals surface area contributed by atoms with Crippen LogP contribution in [0.4, 0.5) is 0 Å². The smallest absolute Gasteiger partial charge is 0.223 e. The third-order valence-corrected chi connectivity index (χ3v) is 2.99. The third-order valence-electron chi connectivity index (χ3n) is 2.64. The zero-order valence-corrected chi connectivity index (χ0v) is 8.50. The number of rotatable bonds is 2. The highest BCUT2D eigenvalue weighted by atomic mass is 32.1. The molecule has 2 aliphatic rings. The number of thiol groups is 1. The van der Waals surface area contributed by atoms with Crippen molar-refractivity contribution < 1.29 is 9.53 Å². The molecule has 2 atom stereocenters. The Morgan fingerprint density at radius 1 is 1.62 bits per heavy atom. The number of carbonyl (C=O) groups excluding carboxylic acids is 1. The van der Waals surface area contributed by atoms with E-state index in [9.17, 15) is 4.79 Å². The molecule has 0 radical (unpaired) electrons. The van der Waals surface area contributed by atoms with Gasteiger partial charge in [0, 0.05) is 31.4 Å². The zero-order valence-electron chi connectivity index (χ0n) is 7.61. The van der Waals surface area contributed by atoms with Crippen LogP contribution in [-0.2, 0) is 9.53 Å². The lowest BCUT2D eigenvalue weighted by atomic mass is 10.2. The predicted octanol–water partition coefficient (Wildman–Crippen LogP) is 0.696. The molecule has 1 amide bonds. The summed E-state index contributed by atoms with van der Waals surface area (Å²) in [4.78, 5) is 13.3. The van der Waals surface area contributed by atoms with Crippen molar-refractivity contribution >= 4 is 18.5 Å². The minimum atomic E-state index is 0.230. The highest BCUT2D eigenvalue weighted by molar-refractivity contribution is 7.81. The Balaban J connectivity index is 1.83. The van der Waals surface area contributed by atoms with Crippen molar-refractivity contribution in [1.82, 2.24) is 4.90 Å². The zero-order chi connectivity index (χ0) is 9.26. The summed E-state index contributed by atoms with van der Waals surface area (Å²) in [6.45, 7) is 2.43. The maximum atomic E-state index is 11.4. The minimum absolute atomic E-state index is 0.230. The Bertz CT molecular complexity index is 204. The van der Waals surface area contributed by atoms with Gasteiger partial charge in [-0.15, -0.1) is 0 Å². The summed E-state index contributed by atoms with van der Waals surface area (Å²) in [7, 11) is 0. The molecule has 13 heavy (non-hydrogen) atoms. The van der Waals surface area contributed by atoms with E-state index in [1.54, 1.807) is 0 Å². The summed E-state index contributed by atoms with van der Waals surface area (Å²) in [5.74, 6) is 0.232. The molecule has 2 saturated heterocycles. The van der Waals surface area contributed by atoms with E-state index < -0.39 is 0 Å². The van der Waals surface area contributed by atoms with Gasteiger partial charge in [-0.1, -0.05) is 0 Å². The molecule has 2 heterocycles. The Kier molecular flexibility index (Phi) is 2.79. The second-order valence-electron chi connectivity index (χ2n) is 3.79. The van der Waals surface area contributed by atoms with Crippen molar-refractivity contribution in [3.05, 3.63) is 0 Å². The van der Waals surface area contributed by atoms with E-state index in [1.807, 2.05) is 4.90 Å². The Hall–Kier alpha value is -0.220. The van der Waals surface area contributed by atoms with Gasteiger partial charge in [0.1, 0.15) is 0 Å². The number of carbonyl (C=O) groups is 1. The second-order valence-corrected chi connectivity index (χ2v) is 4.52. The topological polar surface area (TPSA) is 29.5 Å². The molecule has 0 N–H and O–H groups in total. The molecule has 4 heteroatoms. The van der Waals surface area contributed by atoms with E-state index in [2.05, 4.69) is 12.6 Å². The Morgan fingerprint density at radius 3 is 3.00 bits per heavy atom. The summed E-state index contributed by atoms with van der Waals surface area (Å²) in [5, 5.41) is 0.230. The number of hydrogen-bond donors (Lipinski definition) is 1.